The lowest BCUT2D eigenvalue weighted by Crippen LogP contribution is -2.43. The van der Waals surface area contributed by atoms with Gasteiger partial charge in [0.1, 0.15) is 18.3 Å². The maximum Gasteiger partial charge on any atom is 0.348 e. The van der Waals surface area contributed by atoms with Gasteiger partial charge in [0.25, 0.3) is 11.6 Å². The van der Waals surface area contributed by atoms with E-state index in [1.165, 1.54) is 27.6 Å². The van der Waals surface area contributed by atoms with Crippen LogP contribution in [0.2, 0.25) is 0 Å². The molecule has 288 valence electrons. The Balaban J connectivity index is 0.000000161. The van der Waals surface area contributed by atoms with Crippen molar-refractivity contribution >= 4 is 85.4 Å². The van der Waals surface area contributed by atoms with Gasteiger partial charge in [0.15, 0.2) is 0 Å². The zero-order chi connectivity index (χ0) is 40.6. The fourth-order valence-electron chi connectivity index (χ4n) is 6.56. The Morgan fingerprint density at radius 2 is 0.877 bits per heavy atom. The van der Waals surface area contributed by atoms with Gasteiger partial charge in [0.05, 0.1) is 0 Å². The molecule has 6 aromatic carbocycles. The second kappa shape index (κ2) is 17.3. The number of hydrogen-bond donors (Lipinski definition) is 0. The van der Waals surface area contributed by atoms with E-state index in [1.54, 1.807) is 39.8 Å². The number of ether oxygens (including phenoxy) is 4. The minimum atomic E-state index is -1.19. The Morgan fingerprint density at radius 3 is 1.25 bits per heavy atom. The molecule has 0 amide bonds. The summed E-state index contributed by atoms with van der Waals surface area (Å²) >= 11 is 0. The summed E-state index contributed by atoms with van der Waals surface area (Å²) in [6.45, 7) is 6.73. The molecule has 9 heteroatoms. The molecule has 2 aliphatic rings. The Labute approximate surface area is 330 Å². The van der Waals surface area contributed by atoms with Crippen molar-refractivity contribution in [1.82, 2.24) is 0 Å². The van der Waals surface area contributed by atoms with E-state index >= 15 is 0 Å². The van der Waals surface area contributed by atoms with Crippen molar-refractivity contribution in [1.29, 1.82) is 0 Å². The summed E-state index contributed by atoms with van der Waals surface area (Å²) in [7, 11) is 0. The summed E-state index contributed by atoms with van der Waals surface area (Å²) in [6.07, 6.45) is 9.92. The molecule has 9 nitrogen and oxygen atoms in total. The van der Waals surface area contributed by atoms with Crippen LogP contribution in [0.3, 0.4) is 0 Å². The number of carbonyl (C=O) groups is 5. The summed E-state index contributed by atoms with van der Waals surface area (Å²) < 4.78 is 20.2. The molecule has 2 heterocycles. The molecule has 0 atom stereocenters. The molecule has 0 radical (unpaired) electrons. The van der Waals surface area contributed by atoms with Crippen LogP contribution in [0, 0.1) is 0 Å². The summed E-state index contributed by atoms with van der Waals surface area (Å²) in [5.74, 6) is -4.56. The highest BCUT2D eigenvalue weighted by atomic mass is 16.8. The van der Waals surface area contributed by atoms with E-state index in [2.05, 4.69) is 60.7 Å². The third-order valence-corrected chi connectivity index (χ3v) is 9.78. The van der Waals surface area contributed by atoms with Crippen molar-refractivity contribution in [2.24, 2.45) is 0 Å². The van der Waals surface area contributed by atoms with Gasteiger partial charge in [-0.1, -0.05) is 129 Å². The molecule has 0 aliphatic carbocycles. The number of aldehydes is 1. The van der Waals surface area contributed by atoms with E-state index in [0.717, 1.165) is 39.0 Å². The summed E-state index contributed by atoms with van der Waals surface area (Å²) in [5.41, 5.74) is 2.03. The highest BCUT2D eigenvalue weighted by Crippen LogP contribution is 2.32. The molecule has 0 bridgehead atoms. The normalized spacial score (nSPS) is 17.6. The fraction of sp³-hybridized carbons (Fsp3) is 0.188. The predicted molar refractivity (Wildman–Crippen MR) is 221 cm³/mol. The number of carbonyl (C=O) groups excluding carboxylic acids is 5. The van der Waals surface area contributed by atoms with Gasteiger partial charge < -0.3 is 18.9 Å². The molecule has 0 aromatic heterocycles. The molecule has 6 aromatic rings. The van der Waals surface area contributed by atoms with Crippen molar-refractivity contribution < 1.29 is 42.9 Å². The first kappa shape index (κ1) is 39.8. The van der Waals surface area contributed by atoms with Crippen LogP contribution in [-0.2, 0) is 42.9 Å². The largest absolute Gasteiger partial charge is 0.422 e. The lowest BCUT2D eigenvalue weighted by Gasteiger charge is -2.32. The molecule has 0 spiro atoms. The highest BCUT2D eigenvalue weighted by molar-refractivity contribution is 6.16. The van der Waals surface area contributed by atoms with Crippen LogP contribution >= 0.6 is 0 Å². The molecule has 2 aliphatic heterocycles. The Hall–Kier alpha value is -6.87. The maximum absolute atomic E-state index is 12.2. The van der Waals surface area contributed by atoms with Gasteiger partial charge in [-0.3, -0.25) is 14.4 Å². The monoisotopic (exact) mass is 762 g/mol. The number of fused-ring (bicyclic) bond motifs is 4. The molecular weight excluding hydrogens is 721 g/mol. The number of esters is 4. The van der Waals surface area contributed by atoms with Crippen LogP contribution in [0.15, 0.2) is 133 Å². The van der Waals surface area contributed by atoms with Crippen molar-refractivity contribution in [3.8, 4) is 0 Å². The predicted octanol–water partition coefficient (Wildman–Crippen LogP) is 9.97. The molecule has 2 fully saturated rings. The number of hydrogen-bond acceptors (Lipinski definition) is 9. The van der Waals surface area contributed by atoms with Gasteiger partial charge in [0, 0.05) is 26.7 Å². The lowest BCUT2D eigenvalue weighted by atomic mass is 9.96. The molecule has 8 rings (SSSR count). The number of rotatable bonds is 6. The van der Waals surface area contributed by atoms with Crippen molar-refractivity contribution in [2.45, 2.75) is 58.5 Å². The van der Waals surface area contributed by atoms with Gasteiger partial charge in [-0.15, -0.1) is 0 Å². The lowest BCUT2D eigenvalue weighted by molar-refractivity contribution is -0.238. The smallest absolute Gasteiger partial charge is 0.348 e. The van der Waals surface area contributed by atoms with E-state index in [9.17, 15) is 24.0 Å². The first-order valence-electron chi connectivity index (χ1n) is 18.7. The average molecular weight is 763 g/mol. The van der Waals surface area contributed by atoms with Gasteiger partial charge in [0.2, 0.25) is 0 Å². The van der Waals surface area contributed by atoms with Crippen LogP contribution in [0.25, 0.3) is 55.2 Å². The van der Waals surface area contributed by atoms with Crippen molar-refractivity contribution in [2.75, 3.05) is 0 Å². The SMILES string of the molecule is CCC1(C)OC(=O)C(=C/C=C/c2c3ccccc3cc3ccccc23)C(=O)O1.CCC1(C)OC(=O)CC(=O)O1.O=C/C=C/c1c2ccccc2cc2ccccc12. The second-order valence-corrected chi connectivity index (χ2v) is 13.8. The second-order valence-electron chi connectivity index (χ2n) is 13.8. The third kappa shape index (κ3) is 9.16. The van der Waals surface area contributed by atoms with E-state index in [1.807, 2.05) is 60.7 Å². The van der Waals surface area contributed by atoms with E-state index in [0.29, 0.717) is 12.8 Å². The number of cyclic esters (lactones) is 4. The van der Waals surface area contributed by atoms with Crippen LogP contribution in [-0.4, -0.2) is 41.7 Å². The first-order chi connectivity index (χ1) is 27.5. The summed E-state index contributed by atoms with van der Waals surface area (Å²) in [4.78, 5) is 56.5. The quantitative estimate of drug-likeness (QED) is 0.0408. The van der Waals surface area contributed by atoms with Crippen molar-refractivity contribution in [3.63, 3.8) is 0 Å². The standard InChI is InChI=1S/C24H20O4.C17H12O.C7H10O4/c1-3-24(2)27-22(25)21(23(26)28-24)14-8-13-20-18-11-6-4-9-16(18)15-17-10-5-7-12-19(17)20;18-11-5-10-17-15-8-3-1-6-13(15)12-14-7-2-4-9-16(14)17;1-3-7(2)10-5(8)4-6(9)11-7/h4-15H,3H2,1-2H3;1-12H;3-4H2,1-2H3/b13-8+,21-14?;10-5+;. The molecule has 57 heavy (non-hydrogen) atoms. The molecule has 2 saturated heterocycles. The highest BCUT2D eigenvalue weighted by Gasteiger charge is 2.41. The Kier molecular flexibility index (Phi) is 12.1. The van der Waals surface area contributed by atoms with Crippen LogP contribution in [0.1, 0.15) is 58.1 Å². The maximum atomic E-state index is 12.2. The summed E-state index contributed by atoms with van der Waals surface area (Å²) in [6, 6.07) is 37.1. The van der Waals surface area contributed by atoms with E-state index in [4.69, 9.17) is 18.9 Å². The number of allylic oxidation sites excluding steroid dienone is 3. The molecular formula is C48H42O9. The average Bonchev–Trinajstić information content (AvgIpc) is 3.20. The molecule has 0 unspecified atom stereocenters. The van der Waals surface area contributed by atoms with E-state index in [-0.39, 0.29) is 12.0 Å². The van der Waals surface area contributed by atoms with Crippen LogP contribution < -0.4 is 0 Å². The van der Waals surface area contributed by atoms with Gasteiger partial charge >= 0.3 is 23.9 Å². The topological polar surface area (TPSA) is 122 Å². The third-order valence-electron chi connectivity index (χ3n) is 9.78. The van der Waals surface area contributed by atoms with Gasteiger partial charge in [-0.25, -0.2) is 9.59 Å². The Bertz CT molecular complexity index is 2470. The van der Waals surface area contributed by atoms with Crippen LogP contribution in [0.5, 0.6) is 0 Å². The molecule has 0 N–H and O–H groups in total. The minimum Gasteiger partial charge on any atom is -0.422 e. The Morgan fingerprint density at radius 1 is 0.526 bits per heavy atom. The van der Waals surface area contributed by atoms with Gasteiger partial charge in [-0.2, -0.15) is 0 Å². The van der Waals surface area contributed by atoms with E-state index < -0.39 is 35.5 Å². The zero-order valence-corrected chi connectivity index (χ0v) is 32.2. The van der Waals surface area contributed by atoms with Crippen LogP contribution in [0.4, 0.5) is 0 Å². The number of benzene rings is 6. The summed E-state index contributed by atoms with van der Waals surface area (Å²) in [5, 5.41) is 9.20. The van der Waals surface area contributed by atoms with Gasteiger partial charge in [-0.05, 0) is 78.5 Å². The minimum absolute atomic E-state index is 0.105. The first-order valence-corrected chi connectivity index (χ1v) is 18.7. The fourth-order valence-corrected chi connectivity index (χ4v) is 6.56. The van der Waals surface area contributed by atoms with Crippen molar-refractivity contribution in [3.05, 3.63) is 144 Å². The zero-order valence-electron chi connectivity index (χ0n) is 32.2. The molecule has 0 saturated carbocycles.